The lowest BCUT2D eigenvalue weighted by Crippen LogP contribution is -2.35. The van der Waals surface area contributed by atoms with Gasteiger partial charge in [-0.1, -0.05) is 12.8 Å². The monoisotopic (exact) mass is 292 g/mol. The first-order valence-corrected chi connectivity index (χ1v) is 7.48. The molecule has 2 N–H and O–H groups in total. The summed E-state index contributed by atoms with van der Waals surface area (Å²) >= 11 is 0. The van der Waals surface area contributed by atoms with Gasteiger partial charge in [-0.15, -0.1) is 0 Å². The highest BCUT2D eigenvalue weighted by Crippen LogP contribution is 2.27. The van der Waals surface area contributed by atoms with Crippen molar-refractivity contribution < 1.29 is 14.3 Å². The van der Waals surface area contributed by atoms with Crippen molar-refractivity contribution in [1.82, 2.24) is 10.6 Å². The average Bonchev–Trinajstić information content (AvgIpc) is 3.04. The first kappa shape index (κ1) is 15.6. The Balaban J connectivity index is 1.79. The van der Waals surface area contributed by atoms with Crippen LogP contribution < -0.4 is 20.1 Å². The standard InChI is InChI=1S/C16H24N2O3/c1-20-14-8-7-12(11-15(14)21-2)16(19)18-10-9-17-13-5-3-4-6-13/h7-8,11,13,17H,3-6,9-10H2,1-2H3,(H,18,19). The van der Waals surface area contributed by atoms with E-state index in [2.05, 4.69) is 10.6 Å². The van der Waals surface area contributed by atoms with Crippen LogP contribution in [0.1, 0.15) is 36.0 Å². The lowest BCUT2D eigenvalue weighted by Gasteiger charge is -2.13. The molecule has 0 saturated heterocycles. The van der Waals surface area contributed by atoms with Crippen molar-refractivity contribution in [3.05, 3.63) is 23.8 Å². The minimum Gasteiger partial charge on any atom is -0.493 e. The molecule has 1 fully saturated rings. The normalized spacial score (nSPS) is 15.0. The zero-order chi connectivity index (χ0) is 15.1. The molecule has 0 unspecified atom stereocenters. The van der Waals surface area contributed by atoms with Gasteiger partial charge in [0.15, 0.2) is 11.5 Å². The summed E-state index contributed by atoms with van der Waals surface area (Å²) < 4.78 is 10.4. The first-order chi connectivity index (χ1) is 10.2. The zero-order valence-corrected chi connectivity index (χ0v) is 12.8. The van der Waals surface area contributed by atoms with Crippen molar-refractivity contribution in [1.29, 1.82) is 0 Å². The highest BCUT2D eigenvalue weighted by molar-refractivity contribution is 5.94. The lowest BCUT2D eigenvalue weighted by atomic mass is 10.2. The van der Waals surface area contributed by atoms with Gasteiger partial charge >= 0.3 is 0 Å². The van der Waals surface area contributed by atoms with Gasteiger partial charge in [0.1, 0.15) is 0 Å². The van der Waals surface area contributed by atoms with E-state index in [0.29, 0.717) is 29.6 Å². The maximum atomic E-state index is 12.1. The van der Waals surface area contributed by atoms with Crippen molar-refractivity contribution in [3.8, 4) is 11.5 Å². The van der Waals surface area contributed by atoms with Crippen LogP contribution in [0, 0.1) is 0 Å². The van der Waals surface area contributed by atoms with Crippen LogP contribution in [0.15, 0.2) is 18.2 Å². The summed E-state index contributed by atoms with van der Waals surface area (Å²) in [6.45, 7) is 1.44. The molecule has 0 spiro atoms. The molecule has 0 atom stereocenters. The minimum atomic E-state index is -0.0934. The third kappa shape index (κ3) is 4.36. The second-order valence-corrected chi connectivity index (χ2v) is 5.26. The predicted octanol–water partition coefficient (Wildman–Crippen LogP) is 1.97. The molecular formula is C16H24N2O3. The second-order valence-electron chi connectivity index (χ2n) is 5.26. The number of carbonyl (C=O) groups excluding carboxylic acids is 1. The molecule has 0 aliphatic heterocycles. The van der Waals surface area contributed by atoms with E-state index in [0.717, 1.165) is 6.54 Å². The molecule has 1 aliphatic carbocycles. The molecule has 1 aliphatic rings. The summed E-state index contributed by atoms with van der Waals surface area (Å²) in [5.41, 5.74) is 0.577. The summed E-state index contributed by atoms with van der Waals surface area (Å²) in [6.07, 6.45) is 5.14. The number of hydrogen-bond acceptors (Lipinski definition) is 4. The van der Waals surface area contributed by atoms with E-state index in [4.69, 9.17) is 9.47 Å². The van der Waals surface area contributed by atoms with Gasteiger partial charge in [0.2, 0.25) is 0 Å². The number of benzene rings is 1. The fraction of sp³-hybridized carbons (Fsp3) is 0.562. The SMILES string of the molecule is COc1ccc(C(=O)NCCNC2CCCC2)cc1OC. The Morgan fingerprint density at radius 1 is 1.14 bits per heavy atom. The Labute approximate surface area is 126 Å². The zero-order valence-electron chi connectivity index (χ0n) is 12.8. The maximum absolute atomic E-state index is 12.1. The molecule has 1 aromatic carbocycles. The first-order valence-electron chi connectivity index (χ1n) is 7.48. The summed E-state index contributed by atoms with van der Waals surface area (Å²) in [6, 6.07) is 5.80. The average molecular weight is 292 g/mol. The summed E-state index contributed by atoms with van der Waals surface area (Å²) in [5.74, 6) is 1.09. The Morgan fingerprint density at radius 3 is 2.52 bits per heavy atom. The lowest BCUT2D eigenvalue weighted by molar-refractivity contribution is 0.0953. The van der Waals surface area contributed by atoms with Gasteiger partial charge in [-0.2, -0.15) is 0 Å². The van der Waals surface area contributed by atoms with Crippen LogP contribution in [-0.4, -0.2) is 39.3 Å². The number of nitrogens with one attached hydrogen (secondary N) is 2. The van der Waals surface area contributed by atoms with Gasteiger partial charge in [-0.3, -0.25) is 4.79 Å². The predicted molar refractivity (Wildman–Crippen MR) is 82.1 cm³/mol. The molecule has 116 valence electrons. The Hall–Kier alpha value is -1.75. The van der Waals surface area contributed by atoms with Gasteiger partial charge < -0.3 is 20.1 Å². The quantitative estimate of drug-likeness (QED) is 0.754. The smallest absolute Gasteiger partial charge is 0.251 e. The van der Waals surface area contributed by atoms with E-state index in [1.165, 1.54) is 25.7 Å². The number of ether oxygens (including phenoxy) is 2. The number of hydrogen-bond donors (Lipinski definition) is 2. The van der Waals surface area contributed by atoms with Gasteiger partial charge in [0.05, 0.1) is 14.2 Å². The van der Waals surface area contributed by atoms with Crippen LogP contribution >= 0.6 is 0 Å². The Morgan fingerprint density at radius 2 is 1.86 bits per heavy atom. The third-order valence-corrected chi connectivity index (χ3v) is 3.84. The molecule has 0 bridgehead atoms. The van der Waals surface area contributed by atoms with Crippen molar-refractivity contribution in [2.24, 2.45) is 0 Å². The topological polar surface area (TPSA) is 59.6 Å². The van der Waals surface area contributed by atoms with Gasteiger partial charge in [0.25, 0.3) is 5.91 Å². The molecule has 5 heteroatoms. The Bertz CT molecular complexity index is 471. The highest BCUT2D eigenvalue weighted by atomic mass is 16.5. The number of amides is 1. The van der Waals surface area contributed by atoms with Gasteiger partial charge in [0, 0.05) is 24.7 Å². The van der Waals surface area contributed by atoms with E-state index < -0.39 is 0 Å². The Kier molecular flexibility index (Phi) is 5.87. The maximum Gasteiger partial charge on any atom is 0.251 e. The molecule has 1 saturated carbocycles. The number of rotatable bonds is 7. The van der Waals surface area contributed by atoms with Crippen LogP contribution in [-0.2, 0) is 0 Å². The molecule has 5 nitrogen and oxygen atoms in total. The van der Waals surface area contributed by atoms with Crippen LogP contribution in [0.3, 0.4) is 0 Å². The van der Waals surface area contributed by atoms with Crippen molar-refractivity contribution >= 4 is 5.91 Å². The fourth-order valence-electron chi connectivity index (χ4n) is 2.66. The van der Waals surface area contributed by atoms with Gasteiger partial charge in [-0.05, 0) is 31.0 Å². The summed E-state index contributed by atoms with van der Waals surface area (Å²) in [7, 11) is 3.14. The molecule has 0 aromatic heterocycles. The molecule has 21 heavy (non-hydrogen) atoms. The summed E-state index contributed by atoms with van der Waals surface area (Å²) in [4.78, 5) is 12.1. The molecule has 1 aromatic rings. The largest absolute Gasteiger partial charge is 0.493 e. The third-order valence-electron chi connectivity index (χ3n) is 3.84. The van der Waals surface area contributed by atoms with E-state index >= 15 is 0 Å². The van der Waals surface area contributed by atoms with E-state index in [-0.39, 0.29) is 5.91 Å². The highest BCUT2D eigenvalue weighted by Gasteiger charge is 2.14. The van der Waals surface area contributed by atoms with Crippen molar-refractivity contribution in [3.63, 3.8) is 0 Å². The van der Waals surface area contributed by atoms with Crippen LogP contribution in [0.2, 0.25) is 0 Å². The molecule has 2 rings (SSSR count). The van der Waals surface area contributed by atoms with Crippen LogP contribution in [0.4, 0.5) is 0 Å². The summed E-state index contributed by atoms with van der Waals surface area (Å²) in [5, 5.41) is 6.38. The number of carbonyl (C=O) groups is 1. The van der Waals surface area contributed by atoms with Gasteiger partial charge in [-0.25, -0.2) is 0 Å². The molecular weight excluding hydrogens is 268 g/mol. The van der Waals surface area contributed by atoms with E-state index in [1.54, 1.807) is 32.4 Å². The minimum absolute atomic E-state index is 0.0934. The van der Waals surface area contributed by atoms with E-state index in [9.17, 15) is 4.79 Å². The molecule has 0 heterocycles. The molecule has 0 radical (unpaired) electrons. The van der Waals surface area contributed by atoms with Crippen LogP contribution in [0.25, 0.3) is 0 Å². The number of methoxy groups -OCH3 is 2. The van der Waals surface area contributed by atoms with Crippen molar-refractivity contribution in [2.45, 2.75) is 31.7 Å². The second kappa shape index (κ2) is 7.88. The fourth-order valence-corrected chi connectivity index (χ4v) is 2.66. The van der Waals surface area contributed by atoms with Crippen molar-refractivity contribution in [2.75, 3.05) is 27.3 Å². The van der Waals surface area contributed by atoms with E-state index in [1.807, 2.05) is 0 Å². The molecule has 1 amide bonds. The van der Waals surface area contributed by atoms with Crippen LogP contribution in [0.5, 0.6) is 11.5 Å².